The van der Waals surface area contributed by atoms with E-state index in [1.807, 2.05) is 30.0 Å². The Kier molecular flexibility index (Phi) is 5.22. The maximum Gasteiger partial charge on any atom is 0.163 e. The minimum Gasteiger partial charge on any atom is -0.493 e. The lowest BCUT2D eigenvalue weighted by molar-refractivity contribution is 0.196. The quantitative estimate of drug-likeness (QED) is 0.839. The van der Waals surface area contributed by atoms with Crippen LogP contribution in [0.2, 0.25) is 0 Å². The Hall–Kier alpha value is -1.07. The number of anilines is 1. The first-order valence-electron chi connectivity index (χ1n) is 6.52. The van der Waals surface area contributed by atoms with Gasteiger partial charge in [0.2, 0.25) is 0 Å². The van der Waals surface area contributed by atoms with Gasteiger partial charge in [0.05, 0.1) is 13.7 Å². The first kappa shape index (κ1) is 14.3. The summed E-state index contributed by atoms with van der Waals surface area (Å²) in [5.41, 5.74) is 1.04. The van der Waals surface area contributed by atoms with Crippen molar-refractivity contribution in [3.05, 3.63) is 18.2 Å². The summed E-state index contributed by atoms with van der Waals surface area (Å²) in [5, 5.41) is 13.1. The summed E-state index contributed by atoms with van der Waals surface area (Å²) in [7, 11) is 1.61. The number of thioether (sulfide) groups is 1. The van der Waals surface area contributed by atoms with Crippen molar-refractivity contribution in [2.24, 2.45) is 0 Å². The van der Waals surface area contributed by atoms with Gasteiger partial charge in [0.15, 0.2) is 11.5 Å². The second kappa shape index (κ2) is 6.91. The van der Waals surface area contributed by atoms with Gasteiger partial charge in [-0.25, -0.2) is 0 Å². The average Bonchev–Trinajstić information content (AvgIpc) is 2.82. The molecule has 0 saturated carbocycles. The van der Waals surface area contributed by atoms with Crippen LogP contribution in [0.5, 0.6) is 11.5 Å². The van der Waals surface area contributed by atoms with Gasteiger partial charge in [-0.15, -0.1) is 0 Å². The van der Waals surface area contributed by atoms with E-state index in [-0.39, 0.29) is 13.2 Å². The summed E-state index contributed by atoms with van der Waals surface area (Å²) in [6, 6.07) is 6.33. The Morgan fingerprint density at radius 3 is 2.89 bits per heavy atom. The smallest absolute Gasteiger partial charge is 0.163 e. The number of aliphatic hydroxyl groups excluding tert-OH is 1. The average molecular weight is 283 g/mol. The first-order chi connectivity index (χ1) is 9.22. The minimum atomic E-state index is -0.00239. The van der Waals surface area contributed by atoms with Gasteiger partial charge in [-0.3, -0.25) is 0 Å². The SMILES string of the molecule is COc1ccc(NC2CSC(C)C2)cc1OCCO. The van der Waals surface area contributed by atoms with Gasteiger partial charge in [-0.1, -0.05) is 6.92 Å². The predicted molar refractivity (Wildman–Crippen MR) is 79.5 cm³/mol. The Labute approximate surface area is 118 Å². The molecule has 2 N–H and O–H groups in total. The maximum atomic E-state index is 8.84. The van der Waals surface area contributed by atoms with Crippen molar-refractivity contribution in [1.29, 1.82) is 0 Å². The van der Waals surface area contributed by atoms with E-state index in [4.69, 9.17) is 14.6 Å². The highest BCUT2D eigenvalue weighted by atomic mass is 32.2. The summed E-state index contributed by atoms with van der Waals surface area (Å²) < 4.78 is 10.7. The molecule has 0 aliphatic carbocycles. The molecule has 1 aromatic rings. The van der Waals surface area contributed by atoms with Crippen molar-refractivity contribution in [1.82, 2.24) is 0 Å². The lowest BCUT2D eigenvalue weighted by Crippen LogP contribution is -2.18. The topological polar surface area (TPSA) is 50.7 Å². The predicted octanol–water partition coefficient (Wildman–Crippen LogP) is 2.37. The van der Waals surface area contributed by atoms with Crippen molar-refractivity contribution >= 4 is 17.4 Å². The molecular weight excluding hydrogens is 262 g/mol. The Morgan fingerprint density at radius 1 is 1.42 bits per heavy atom. The summed E-state index contributed by atoms with van der Waals surface area (Å²) >= 11 is 2.00. The molecule has 0 spiro atoms. The third-order valence-corrected chi connectivity index (χ3v) is 4.44. The fourth-order valence-electron chi connectivity index (χ4n) is 2.19. The standard InChI is InChI=1S/C14H21NO3S/c1-10-7-12(9-19-10)15-11-3-4-13(17-2)14(8-11)18-6-5-16/h3-4,8,10,12,15-16H,5-7,9H2,1-2H3. The third kappa shape index (κ3) is 3.94. The lowest BCUT2D eigenvalue weighted by Gasteiger charge is -2.16. The van der Waals surface area contributed by atoms with Gasteiger partial charge >= 0.3 is 0 Å². The normalized spacial score (nSPS) is 22.3. The minimum absolute atomic E-state index is 0.00239. The molecule has 4 nitrogen and oxygen atoms in total. The highest BCUT2D eigenvalue weighted by Gasteiger charge is 2.21. The first-order valence-corrected chi connectivity index (χ1v) is 7.57. The van der Waals surface area contributed by atoms with E-state index in [0.29, 0.717) is 17.5 Å². The summed E-state index contributed by atoms with van der Waals surface area (Å²) in [4.78, 5) is 0. The van der Waals surface area contributed by atoms with Gasteiger partial charge < -0.3 is 19.9 Å². The second-order valence-corrected chi connectivity index (χ2v) is 6.13. The van der Waals surface area contributed by atoms with Crippen LogP contribution in [-0.2, 0) is 0 Å². The fraction of sp³-hybridized carbons (Fsp3) is 0.571. The Bertz CT molecular complexity index is 414. The Balaban J connectivity index is 2.04. The highest BCUT2D eigenvalue weighted by molar-refractivity contribution is 8.00. The fourth-order valence-corrected chi connectivity index (χ4v) is 3.34. The van der Waals surface area contributed by atoms with Crippen LogP contribution in [0, 0.1) is 0 Å². The summed E-state index contributed by atoms with van der Waals surface area (Å²) in [6.07, 6.45) is 1.18. The molecule has 1 aliphatic heterocycles. The van der Waals surface area contributed by atoms with Crippen molar-refractivity contribution in [3.63, 3.8) is 0 Å². The Morgan fingerprint density at radius 2 is 2.26 bits per heavy atom. The van der Waals surface area contributed by atoms with Crippen LogP contribution in [0.4, 0.5) is 5.69 Å². The van der Waals surface area contributed by atoms with E-state index in [1.54, 1.807) is 7.11 Å². The molecule has 2 unspecified atom stereocenters. The number of ether oxygens (including phenoxy) is 2. The summed E-state index contributed by atoms with van der Waals surface area (Å²) in [6.45, 7) is 2.53. The zero-order chi connectivity index (χ0) is 13.7. The van der Waals surface area contributed by atoms with Crippen LogP contribution in [0.3, 0.4) is 0 Å². The molecule has 0 radical (unpaired) electrons. The maximum absolute atomic E-state index is 8.84. The number of benzene rings is 1. The van der Waals surface area contributed by atoms with Crippen LogP contribution >= 0.6 is 11.8 Å². The van der Waals surface area contributed by atoms with Crippen LogP contribution in [0.25, 0.3) is 0 Å². The molecule has 0 bridgehead atoms. The number of rotatable bonds is 6. The third-order valence-electron chi connectivity index (χ3n) is 3.08. The van der Waals surface area contributed by atoms with Gasteiger partial charge in [0.1, 0.15) is 6.61 Å². The van der Waals surface area contributed by atoms with E-state index < -0.39 is 0 Å². The van der Waals surface area contributed by atoms with Gasteiger partial charge in [-0.2, -0.15) is 11.8 Å². The molecular formula is C14H21NO3S. The largest absolute Gasteiger partial charge is 0.493 e. The van der Waals surface area contributed by atoms with Gasteiger partial charge in [0.25, 0.3) is 0 Å². The van der Waals surface area contributed by atoms with E-state index in [9.17, 15) is 0 Å². The molecule has 0 amide bonds. The number of aliphatic hydroxyl groups is 1. The van der Waals surface area contributed by atoms with E-state index >= 15 is 0 Å². The van der Waals surface area contributed by atoms with Crippen molar-refractivity contribution in [2.75, 3.05) is 31.4 Å². The zero-order valence-electron chi connectivity index (χ0n) is 11.4. The van der Waals surface area contributed by atoms with E-state index in [2.05, 4.69) is 12.2 Å². The molecule has 1 saturated heterocycles. The number of methoxy groups -OCH3 is 1. The van der Waals surface area contributed by atoms with Crippen molar-refractivity contribution in [3.8, 4) is 11.5 Å². The van der Waals surface area contributed by atoms with Crippen LogP contribution in [0.1, 0.15) is 13.3 Å². The van der Waals surface area contributed by atoms with Crippen LogP contribution in [0.15, 0.2) is 18.2 Å². The molecule has 2 atom stereocenters. The number of hydrogen-bond acceptors (Lipinski definition) is 5. The molecule has 19 heavy (non-hydrogen) atoms. The lowest BCUT2D eigenvalue weighted by atomic mass is 10.2. The monoisotopic (exact) mass is 283 g/mol. The molecule has 1 aliphatic rings. The number of hydrogen-bond donors (Lipinski definition) is 2. The van der Waals surface area contributed by atoms with Gasteiger partial charge in [-0.05, 0) is 18.6 Å². The second-order valence-electron chi connectivity index (χ2n) is 4.66. The van der Waals surface area contributed by atoms with Crippen molar-refractivity contribution in [2.45, 2.75) is 24.6 Å². The van der Waals surface area contributed by atoms with E-state index in [0.717, 1.165) is 16.7 Å². The number of nitrogens with one attached hydrogen (secondary N) is 1. The zero-order valence-corrected chi connectivity index (χ0v) is 12.2. The molecule has 2 rings (SSSR count). The molecule has 1 aromatic carbocycles. The van der Waals surface area contributed by atoms with E-state index in [1.165, 1.54) is 6.42 Å². The van der Waals surface area contributed by atoms with Crippen LogP contribution in [-0.4, -0.2) is 42.5 Å². The van der Waals surface area contributed by atoms with Crippen LogP contribution < -0.4 is 14.8 Å². The molecule has 1 fully saturated rings. The highest BCUT2D eigenvalue weighted by Crippen LogP contribution is 2.33. The summed E-state index contributed by atoms with van der Waals surface area (Å²) in [5.74, 6) is 2.49. The molecule has 106 valence electrons. The van der Waals surface area contributed by atoms with Gasteiger partial charge in [0, 0.05) is 28.8 Å². The van der Waals surface area contributed by atoms with Crippen molar-refractivity contribution < 1.29 is 14.6 Å². The molecule has 1 heterocycles. The molecule has 5 heteroatoms. The molecule has 0 aromatic heterocycles.